The van der Waals surface area contributed by atoms with Crippen LogP contribution in [0.25, 0.3) is 0 Å². The largest absolute Gasteiger partial charge is 0.353 e. The summed E-state index contributed by atoms with van der Waals surface area (Å²) in [6.07, 6.45) is 6.65. The minimum absolute atomic E-state index is 0.00973. The molecular weight excluding hydrogens is 206 g/mol. The zero-order valence-electron chi connectivity index (χ0n) is 9.22. The van der Waals surface area contributed by atoms with E-state index in [0.717, 1.165) is 19.4 Å². The molecule has 0 saturated carbocycles. The number of rotatable bonds is 4. The second-order valence-electron chi connectivity index (χ2n) is 3.96. The Balaban J connectivity index is 1.67. The zero-order chi connectivity index (χ0) is 11.2. The Labute approximate surface area is 94.4 Å². The van der Waals surface area contributed by atoms with Gasteiger partial charge in [-0.15, -0.1) is 5.10 Å². The average molecular weight is 223 g/mol. The lowest BCUT2D eigenvalue weighted by molar-refractivity contribution is -0.123. The number of nitrogens with zero attached hydrogens (tertiary/aromatic N) is 3. The van der Waals surface area contributed by atoms with Crippen LogP contribution < -0.4 is 10.6 Å². The van der Waals surface area contributed by atoms with Crippen molar-refractivity contribution in [2.75, 3.05) is 13.1 Å². The van der Waals surface area contributed by atoms with E-state index in [1.165, 1.54) is 6.42 Å². The van der Waals surface area contributed by atoms with Crippen LogP contribution in [-0.2, 0) is 11.3 Å². The van der Waals surface area contributed by atoms with Crippen molar-refractivity contribution in [3.05, 3.63) is 12.4 Å². The number of carbonyl (C=O) groups is 1. The van der Waals surface area contributed by atoms with Crippen LogP contribution in [-0.4, -0.2) is 40.0 Å². The van der Waals surface area contributed by atoms with E-state index >= 15 is 0 Å². The molecule has 1 fully saturated rings. The molecule has 1 aliphatic heterocycles. The molecule has 0 spiro atoms. The summed E-state index contributed by atoms with van der Waals surface area (Å²) < 4.78 is 1.70. The minimum Gasteiger partial charge on any atom is -0.353 e. The number of hydrogen-bond donors (Lipinski definition) is 2. The molecule has 1 atom stereocenters. The molecule has 88 valence electrons. The van der Waals surface area contributed by atoms with E-state index in [0.29, 0.717) is 13.1 Å². The van der Waals surface area contributed by atoms with Gasteiger partial charge in [-0.1, -0.05) is 11.6 Å². The van der Waals surface area contributed by atoms with Gasteiger partial charge in [-0.05, 0) is 19.4 Å². The molecule has 1 amide bonds. The van der Waals surface area contributed by atoms with Gasteiger partial charge >= 0.3 is 0 Å². The number of carbonyl (C=O) groups excluding carboxylic acids is 1. The highest BCUT2D eigenvalue weighted by atomic mass is 16.2. The van der Waals surface area contributed by atoms with Gasteiger partial charge in [-0.2, -0.15) is 0 Å². The van der Waals surface area contributed by atoms with Crippen molar-refractivity contribution in [3.8, 4) is 0 Å². The van der Waals surface area contributed by atoms with Crippen LogP contribution in [0, 0.1) is 0 Å². The van der Waals surface area contributed by atoms with Gasteiger partial charge in [0, 0.05) is 12.7 Å². The smallest absolute Gasteiger partial charge is 0.237 e. The van der Waals surface area contributed by atoms with E-state index in [4.69, 9.17) is 0 Å². The molecule has 6 heteroatoms. The normalized spacial score (nSPS) is 20.6. The average Bonchev–Trinajstić information content (AvgIpc) is 2.83. The molecule has 0 aromatic carbocycles. The van der Waals surface area contributed by atoms with Gasteiger partial charge in [0.25, 0.3) is 0 Å². The van der Waals surface area contributed by atoms with Gasteiger partial charge in [0.05, 0.1) is 18.8 Å². The minimum atomic E-state index is -0.00973. The van der Waals surface area contributed by atoms with Crippen LogP contribution in [0.15, 0.2) is 12.4 Å². The molecule has 2 rings (SSSR count). The Morgan fingerprint density at radius 3 is 3.19 bits per heavy atom. The molecule has 6 nitrogen and oxygen atoms in total. The molecule has 1 aliphatic rings. The molecule has 0 unspecified atom stereocenters. The number of piperidine rings is 1. The Morgan fingerprint density at radius 1 is 1.56 bits per heavy atom. The van der Waals surface area contributed by atoms with E-state index in [9.17, 15) is 4.79 Å². The molecule has 0 radical (unpaired) electrons. The first kappa shape index (κ1) is 11.1. The Bertz CT molecular complexity index is 318. The predicted octanol–water partition coefficient (Wildman–Crippen LogP) is -0.464. The first-order chi connectivity index (χ1) is 7.86. The monoisotopic (exact) mass is 223 g/mol. The number of nitrogens with one attached hydrogen (secondary N) is 2. The molecule has 0 aliphatic carbocycles. The Kier molecular flexibility index (Phi) is 3.87. The topological polar surface area (TPSA) is 71.8 Å². The van der Waals surface area contributed by atoms with Gasteiger partial charge in [0.2, 0.25) is 5.91 Å². The van der Waals surface area contributed by atoms with Gasteiger partial charge in [-0.25, -0.2) is 0 Å². The van der Waals surface area contributed by atoms with Crippen LogP contribution in [0.2, 0.25) is 0 Å². The van der Waals surface area contributed by atoms with E-state index in [1.54, 1.807) is 17.1 Å². The van der Waals surface area contributed by atoms with Crippen LogP contribution >= 0.6 is 0 Å². The summed E-state index contributed by atoms with van der Waals surface area (Å²) in [6, 6.07) is -0.00973. The van der Waals surface area contributed by atoms with E-state index in [1.807, 2.05) is 0 Å². The lowest BCUT2D eigenvalue weighted by atomic mass is 10.0. The summed E-state index contributed by atoms with van der Waals surface area (Å²) in [5, 5.41) is 13.6. The molecule has 1 saturated heterocycles. The third kappa shape index (κ3) is 3.03. The predicted molar refractivity (Wildman–Crippen MR) is 58.7 cm³/mol. The molecular formula is C10H17N5O. The molecule has 2 N–H and O–H groups in total. The van der Waals surface area contributed by atoms with Crippen LogP contribution in [0.4, 0.5) is 0 Å². The molecule has 16 heavy (non-hydrogen) atoms. The quantitative estimate of drug-likeness (QED) is 0.724. The van der Waals surface area contributed by atoms with Gasteiger partial charge < -0.3 is 10.6 Å². The summed E-state index contributed by atoms with van der Waals surface area (Å²) in [5.74, 6) is 0.0971. The van der Waals surface area contributed by atoms with Crippen molar-refractivity contribution < 1.29 is 4.79 Å². The first-order valence-electron chi connectivity index (χ1n) is 5.71. The van der Waals surface area contributed by atoms with Crippen molar-refractivity contribution in [1.29, 1.82) is 0 Å². The highest BCUT2D eigenvalue weighted by Crippen LogP contribution is 2.06. The van der Waals surface area contributed by atoms with Crippen molar-refractivity contribution in [3.63, 3.8) is 0 Å². The number of amides is 1. The van der Waals surface area contributed by atoms with Gasteiger partial charge in [-0.3, -0.25) is 9.48 Å². The third-order valence-corrected chi connectivity index (χ3v) is 2.74. The van der Waals surface area contributed by atoms with E-state index < -0.39 is 0 Å². The molecule has 1 aromatic heterocycles. The van der Waals surface area contributed by atoms with Crippen molar-refractivity contribution >= 4 is 5.91 Å². The lowest BCUT2D eigenvalue weighted by Crippen LogP contribution is -2.47. The second-order valence-corrected chi connectivity index (χ2v) is 3.96. The number of aromatic nitrogens is 3. The fraction of sp³-hybridized carbons (Fsp3) is 0.700. The van der Waals surface area contributed by atoms with Gasteiger partial charge in [0.15, 0.2) is 0 Å². The molecule has 1 aromatic rings. The standard InChI is InChI=1S/C10H17N5O/c16-10(9-3-1-2-4-11-9)12-5-7-15-8-6-13-14-15/h6,8-9,11H,1-5,7H2,(H,12,16)/t9-/m0/s1. The highest BCUT2D eigenvalue weighted by Gasteiger charge is 2.19. The SMILES string of the molecule is O=C(NCCn1ccnn1)[C@@H]1CCCCN1. The fourth-order valence-corrected chi connectivity index (χ4v) is 1.84. The molecule has 0 bridgehead atoms. The van der Waals surface area contributed by atoms with E-state index in [-0.39, 0.29) is 11.9 Å². The van der Waals surface area contributed by atoms with Gasteiger partial charge in [0.1, 0.15) is 0 Å². The zero-order valence-corrected chi connectivity index (χ0v) is 9.22. The Morgan fingerprint density at radius 2 is 2.50 bits per heavy atom. The third-order valence-electron chi connectivity index (χ3n) is 2.74. The highest BCUT2D eigenvalue weighted by molar-refractivity contribution is 5.81. The summed E-state index contributed by atoms with van der Waals surface area (Å²) >= 11 is 0. The first-order valence-corrected chi connectivity index (χ1v) is 5.71. The summed E-state index contributed by atoms with van der Waals surface area (Å²) in [4.78, 5) is 11.7. The lowest BCUT2D eigenvalue weighted by Gasteiger charge is -2.22. The van der Waals surface area contributed by atoms with Crippen molar-refractivity contribution in [2.24, 2.45) is 0 Å². The van der Waals surface area contributed by atoms with E-state index in [2.05, 4.69) is 20.9 Å². The van der Waals surface area contributed by atoms with Crippen LogP contribution in [0.3, 0.4) is 0 Å². The summed E-state index contributed by atoms with van der Waals surface area (Å²) in [6.45, 7) is 2.21. The second kappa shape index (κ2) is 5.60. The van der Waals surface area contributed by atoms with Crippen molar-refractivity contribution in [2.45, 2.75) is 31.8 Å². The maximum absolute atomic E-state index is 11.7. The maximum atomic E-state index is 11.7. The van der Waals surface area contributed by atoms with Crippen LogP contribution in [0.1, 0.15) is 19.3 Å². The molecule has 2 heterocycles. The summed E-state index contributed by atoms with van der Waals surface area (Å²) in [5.41, 5.74) is 0. The maximum Gasteiger partial charge on any atom is 0.237 e. The summed E-state index contributed by atoms with van der Waals surface area (Å²) in [7, 11) is 0. The van der Waals surface area contributed by atoms with Crippen LogP contribution in [0.5, 0.6) is 0 Å². The fourth-order valence-electron chi connectivity index (χ4n) is 1.84. The number of hydrogen-bond acceptors (Lipinski definition) is 4. The Hall–Kier alpha value is -1.43. The van der Waals surface area contributed by atoms with Crippen molar-refractivity contribution in [1.82, 2.24) is 25.6 Å².